The van der Waals surface area contributed by atoms with Crippen molar-refractivity contribution >= 4 is 28.5 Å². The van der Waals surface area contributed by atoms with Crippen LogP contribution in [0.1, 0.15) is 16.7 Å². The summed E-state index contributed by atoms with van der Waals surface area (Å²) < 4.78 is 11.6. The molecule has 4 rings (SSSR count). The third-order valence-electron chi connectivity index (χ3n) is 5.36. The van der Waals surface area contributed by atoms with Crippen LogP contribution >= 0.6 is 11.3 Å². The van der Waals surface area contributed by atoms with Gasteiger partial charge in [-0.2, -0.15) is 5.26 Å². The molecule has 0 aliphatic heterocycles. The molecule has 1 amide bonds. The molecule has 7 heteroatoms. The molecule has 0 atom stereocenters. The number of anilines is 1. The number of rotatable bonds is 9. The molecule has 0 aliphatic carbocycles. The molecule has 1 aromatic heterocycles. The lowest BCUT2D eigenvalue weighted by Crippen LogP contribution is -2.13. The summed E-state index contributed by atoms with van der Waals surface area (Å²) in [7, 11) is 0. The molecule has 0 saturated heterocycles. The third kappa shape index (κ3) is 6.38. The second kappa shape index (κ2) is 11.8. The van der Waals surface area contributed by atoms with Crippen molar-refractivity contribution in [3.05, 3.63) is 100 Å². The van der Waals surface area contributed by atoms with E-state index in [1.165, 1.54) is 17.4 Å². The fourth-order valence-corrected chi connectivity index (χ4v) is 4.26. The highest BCUT2D eigenvalue weighted by Crippen LogP contribution is 2.25. The topological polar surface area (TPSA) is 84.2 Å². The van der Waals surface area contributed by atoms with Gasteiger partial charge < -0.3 is 9.47 Å². The van der Waals surface area contributed by atoms with Crippen LogP contribution in [-0.2, 0) is 4.79 Å². The van der Waals surface area contributed by atoms with Crippen LogP contribution in [0.2, 0.25) is 0 Å². The lowest BCUT2D eigenvalue weighted by atomic mass is 10.1. The minimum atomic E-state index is -0.504. The summed E-state index contributed by atoms with van der Waals surface area (Å²) in [5.41, 5.74) is 4.62. The minimum absolute atomic E-state index is 0.0119. The van der Waals surface area contributed by atoms with E-state index < -0.39 is 5.91 Å². The lowest BCUT2D eigenvalue weighted by Gasteiger charge is -2.12. The predicted molar refractivity (Wildman–Crippen MR) is 143 cm³/mol. The number of hydrogen-bond donors (Lipinski definition) is 1. The van der Waals surface area contributed by atoms with Crippen molar-refractivity contribution in [2.24, 2.45) is 0 Å². The van der Waals surface area contributed by atoms with Crippen molar-refractivity contribution in [1.82, 2.24) is 4.98 Å². The Morgan fingerprint density at radius 2 is 1.67 bits per heavy atom. The SMILES string of the molecule is Cc1cccc(C)c1OCCOc1ccc(C=C(C#N)C(=O)Nc2nc(-c3ccccc3)cs2)cc1. The molecule has 3 aromatic carbocycles. The molecule has 0 saturated carbocycles. The normalized spacial score (nSPS) is 11.0. The van der Waals surface area contributed by atoms with Crippen LogP contribution in [-0.4, -0.2) is 24.1 Å². The van der Waals surface area contributed by atoms with Crippen molar-refractivity contribution in [3.63, 3.8) is 0 Å². The van der Waals surface area contributed by atoms with Gasteiger partial charge in [0.2, 0.25) is 0 Å². The number of nitrogens with zero attached hydrogens (tertiary/aromatic N) is 2. The lowest BCUT2D eigenvalue weighted by molar-refractivity contribution is -0.112. The van der Waals surface area contributed by atoms with Crippen LogP contribution < -0.4 is 14.8 Å². The maximum absolute atomic E-state index is 12.6. The van der Waals surface area contributed by atoms with Gasteiger partial charge in [0.1, 0.15) is 36.4 Å². The summed E-state index contributed by atoms with van der Waals surface area (Å²) in [6, 6.07) is 24.9. The Morgan fingerprint density at radius 1 is 0.972 bits per heavy atom. The first-order valence-corrected chi connectivity index (χ1v) is 12.3. The number of ether oxygens (including phenoxy) is 2. The summed E-state index contributed by atoms with van der Waals surface area (Å²) in [6.07, 6.45) is 1.54. The van der Waals surface area contributed by atoms with Gasteiger partial charge in [0.25, 0.3) is 5.91 Å². The molecular formula is C29H25N3O3S. The van der Waals surface area contributed by atoms with Crippen molar-refractivity contribution < 1.29 is 14.3 Å². The smallest absolute Gasteiger partial charge is 0.268 e. The minimum Gasteiger partial charge on any atom is -0.490 e. The van der Waals surface area contributed by atoms with Crippen LogP contribution in [0.5, 0.6) is 11.5 Å². The van der Waals surface area contributed by atoms with Gasteiger partial charge in [0.05, 0.1) is 5.69 Å². The Hall–Kier alpha value is -4.41. The molecule has 6 nitrogen and oxygen atoms in total. The van der Waals surface area contributed by atoms with E-state index in [1.54, 1.807) is 24.3 Å². The van der Waals surface area contributed by atoms with E-state index in [0.717, 1.165) is 28.1 Å². The average Bonchev–Trinajstić information content (AvgIpc) is 3.36. The van der Waals surface area contributed by atoms with E-state index >= 15 is 0 Å². The third-order valence-corrected chi connectivity index (χ3v) is 6.12. The molecule has 0 bridgehead atoms. The highest BCUT2D eigenvalue weighted by molar-refractivity contribution is 7.14. The molecular weight excluding hydrogens is 470 g/mol. The van der Waals surface area contributed by atoms with E-state index in [9.17, 15) is 10.1 Å². The van der Waals surface area contributed by atoms with Crippen molar-refractivity contribution in [2.75, 3.05) is 18.5 Å². The molecule has 0 unspecified atom stereocenters. The zero-order valence-electron chi connectivity index (χ0n) is 20.0. The zero-order chi connectivity index (χ0) is 25.3. The first-order valence-electron chi connectivity index (χ1n) is 11.4. The second-order valence-electron chi connectivity index (χ2n) is 8.01. The monoisotopic (exact) mass is 495 g/mol. The van der Waals surface area contributed by atoms with E-state index in [1.807, 2.05) is 73.8 Å². The van der Waals surface area contributed by atoms with Gasteiger partial charge in [-0.1, -0.05) is 60.7 Å². The van der Waals surface area contributed by atoms with Crippen LogP contribution in [0.25, 0.3) is 17.3 Å². The number of carbonyl (C=O) groups excluding carboxylic acids is 1. The van der Waals surface area contributed by atoms with Crippen LogP contribution in [0.15, 0.2) is 83.7 Å². The Bertz CT molecular complexity index is 1380. The maximum atomic E-state index is 12.6. The highest BCUT2D eigenvalue weighted by atomic mass is 32.1. The van der Waals surface area contributed by atoms with Gasteiger partial charge in [0.15, 0.2) is 5.13 Å². The summed E-state index contributed by atoms with van der Waals surface area (Å²) in [5.74, 6) is 1.06. The molecule has 0 fully saturated rings. The highest BCUT2D eigenvalue weighted by Gasteiger charge is 2.13. The number of amides is 1. The molecule has 0 aliphatic rings. The van der Waals surface area contributed by atoms with E-state index in [-0.39, 0.29) is 5.57 Å². The van der Waals surface area contributed by atoms with Gasteiger partial charge in [-0.25, -0.2) is 4.98 Å². The number of hydrogen-bond acceptors (Lipinski definition) is 6. The first kappa shape index (κ1) is 24.7. The molecule has 0 spiro atoms. The Morgan fingerprint density at radius 3 is 2.36 bits per heavy atom. The molecule has 180 valence electrons. The van der Waals surface area contributed by atoms with Crippen LogP contribution in [0.4, 0.5) is 5.13 Å². The second-order valence-corrected chi connectivity index (χ2v) is 8.87. The van der Waals surface area contributed by atoms with Crippen LogP contribution in [0, 0.1) is 25.2 Å². The van der Waals surface area contributed by atoms with Crippen LogP contribution in [0.3, 0.4) is 0 Å². The number of benzene rings is 3. The quantitative estimate of drug-likeness (QED) is 0.164. The van der Waals surface area contributed by atoms with Crippen molar-refractivity contribution in [1.29, 1.82) is 5.26 Å². The zero-order valence-corrected chi connectivity index (χ0v) is 20.8. The van der Waals surface area contributed by atoms with E-state index in [4.69, 9.17) is 9.47 Å². The number of aryl methyl sites for hydroxylation is 2. The van der Waals surface area contributed by atoms with Gasteiger partial charge in [-0.15, -0.1) is 11.3 Å². The molecule has 4 aromatic rings. The Labute approximate surface area is 214 Å². The summed E-state index contributed by atoms with van der Waals surface area (Å²) >= 11 is 1.31. The summed E-state index contributed by atoms with van der Waals surface area (Å²) in [4.78, 5) is 17.1. The van der Waals surface area contributed by atoms with Gasteiger partial charge in [0, 0.05) is 10.9 Å². The Kier molecular flexibility index (Phi) is 8.12. The Balaban J connectivity index is 1.31. The van der Waals surface area contributed by atoms with Gasteiger partial charge >= 0.3 is 0 Å². The number of para-hydroxylation sites is 1. The largest absolute Gasteiger partial charge is 0.490 e. The fourth-order valence-electron chi connectivity index (χ4n) is 3.54. The van der Waals surface area contributed by atoms with Gasteiger partial charge in [-0.3, -0.25) is 10.1 Å². The van der Waals surface area contributed by atoms with Gasteiger partial charge in [-0.05, 0) is 48.7 Å². The molecule has 1 N–H and O–H groups in total. The number of thiazole rings is 1. The molecule has 36 heavy (non-hydrogen) atoms. The van der Waals surface area contributed by atoms with E-state index in [0.29, 0.717) is 29.7 Å². The summed E-state index contributed by atoms with van der Waals surface area (Å²) in [5, 5.41) is 14.5. The standard InChI is InChI=1S/C29H25N3O3S/c1-20-7-6-8-21(2)27(20)35-16-15-34-25-13-11-22(12-14-25)17-24(18-30)28(33)32-29-31-26(19-36-29)23-9-4-3-5-10-23/h3-14,17,19H,15-16H2,1-2H3,(H,31,32,33). The average molecular weight is 496 g/mol. The number of aromatic nitrogens is 1. The fraction of sp³-hybridized carbons (Fsp3) is 0.138. The molecule has 0 radical (unpaired) electrons. The predicted octanol–water partition coefficient (Wildman–Crippen LogP) is 6.43. The number of carbonyl (C=O) groups is 1. The number of nitrogens with one attached hydrogen (secondary N) is 1. The molecule has 1 heterocycles. The number of nitriles is 1. The van der Waals surface area contributed by atoms with Crippen molar-refractivity contribution in [3.8, 4) is 28.8 Å². The van der Waals surface area contributed by atoms with Crippen molar-refractivity contribution in [2.45, 2.75) is 13.8 Å². The first-order chi connectivity index (χ1) is 17.5. The summed E-state index contributed by atoms with van der Waals surface area (Å²) in [6.45, 7) is 4.86. The maximum Gasteiger partial charge on any atom is 0.268 e. The van der Waals surface area contributed by atoms with E-state index in [2.05, 4.69) is 10.3 Å².